The minimum absolute atomic E-state index is 0.257. The molecule has 0 aliphatic carbocycles. The number of carbonyl (C=O) groups is 1. The first-order valence-corrected chi connectivity index (χ1v) is 7.63. The number of ether oxygens (including phenoxy) is 4. The molecule has 0 aliphatic rings. The molecule has 0 amide bonds. The van der Waals surface area contributed by atoms with Crippen LogP contribution in [0.4, 0.5) is 0 Å². The summed E-state index contributed by atoms with van der Waals surface area (Å²) in [6.45, 7) is 1.95. The maximum atomic E-state index is 12.0. The average molecular weight is 330 g/mol. The summed E-state index contributed by atoms with van der Waals surface area (Å²) >= 11 is 0. The van der Waals surface area contributed by atoms with Crippen LogP contribution in [0.1, 0.15) is 17.5 Å². The van der Waals surface area contributed by atoms with E-state index in [1.807, 2.05) is 37.3 Å². The molecule has 2 aromatic carbocycles. The van der Waals surface area contributed by atoms with E-state index in [9.17, 15) is 4.79 Å². The molecule has 2 aromatic rings. The van der Waals surface area contributed by atoms with Crippen molar-refractivity contribution in [2.75, 3.05) is 21.3 Å². The van der Waals surface area contributed by atoms with E-state index in [1.54, 1.807) is 27.4 Å². The lowest BCUT2D eigenvalue weighted by molar-refractivity contribution is -0.134. The number of methoxy groups -OCH3 is 3. The van der Waals surface area contributed by atoms with Gasteiger partial charge in [-0.05, 0) is 48.7 Å². The molecule has 5 nitrogen and oxygen atoms in total. The van der Waals surface area contributed by atoms with E-state index in [1.165, 1.54) is 0 Å². The van der Waals surface area contributed by atoms with Crippen molar-refractivity contribution < 1.29 is 23.7 Å². The standard InChI is InChI=1S/C19H22O5/c1-13-6-5-7-15(10-13)24-18(20)9-8-14-11-16(21-2)19(23-4)17(12-14)22-3/h5-7,10-12H,8-9H2,1-4H3. The van der Waals surface area contributed by atoms with Gasteiger partial charge < -0.3 is 18.9 Å². The Labute approximate surface area is 142 Å². The third-order valence-corrected chi connectivity index (χ3v) is 3.56. The Morgan fingerprint density at radius 3 is 2.17 bits per heavy atom. The van der Waals surface area contributed by atoms with Gasteiger partial charge in [-0.1, -0.05) is 12.1 Å². The lowest BCUT2D eigenvalue weighted by Gasteiger charge is -2.14. The second-order valence-electron chi connectivity index (χ2n) is 5.32. The van der Waals surface area contributed by atoms with E-state index in [0.717, 1.165) is 11.1 Å². The molecule has 0 unspecified atom stereocenters. The molecule has 0 N–H and O–H groups in total. The molecule has 128 valence electrons. The maximum absolute atomic E-state index is 12.0. The molecule has 2 rings (SSSR count). The molecule has 0 aromatic heterocycles. The highest BCUT2D eigenvalue weighted by Gasteiger charge is 2.14. The van der Waals surface area contributed by atoms with E-state index in [4.69, 9.17) is 18.9 Å². The molecule has 0 bridgehead atoms. The first-order valence-electron chi connectivity index (χ1n) is 7.63. The second kappa shape index (κ2) is 8.24. The fourth-order valence-electron chi connectivity index (χ4n) is 2.39. The molecule has 0 spiro atoms. The Hall–Kier alpha value is -2.69. The van der Waals surface area contributed by atoms with Crippen molar-refractivity contribution >= 4 is 5.97 Å². The van der Waals surface area contributed by atoms with Crippen LogP contribution in [0, 0.1) is 6.92 Å². The van der Waals surface area contributed by atoms with Crippen LogP contribution >= 0.6 is 0 Å². The summed E-state index contributed by atoms with van der Waals surface area (Å²) in [6, 6.07) is 11.1. The predicted molar refractivity (Wildman–Crippen MR) is 91.2 cm³/mol. The highest BCUT2D eigenvalue weighted by Crippen LogP contribution is 2.38. The summed E-state index contributed by atoms with van der Waals surface area (Å²) in [7, 11) is 4.68. The summed E-state index contributed by atoms with van der Waals surface area (Å²) in [5.41, 5.74) is 1.95. The Kier molecular flexibility index (Phi) is 6.07. The molecule has 0 heterocycles. The molecule has 0 saturated carbocycles. The van der Waals surface area contributed by atoms with Crippen molar-refractivity contribution in [1.82, 2.24) is 0 Å². The summed E-state index contributed by atoms with van der Waals surface area (Å²) in [4.78, 5) is 12.0. The summed E-state index contributed by atoms with van der Waals surface area (Å²) in [6.07, 6.45) is 0.772. The third-order valence-electron chi connectivity index (χ3n) is 3.56. The van der Waals surface area contributed by atoms with Crippen molar-refractivity contribution in [2.24, 2.45) is 0 Å². The van der Waals surface area contributed by atoms with E-state index in [2.05, 4.69) is 0 Å². The summed E-state index contributed by atoms with van der Waals surface area (Å²) in [5.74, 6) is 1.95. The predicted octanol–water partition coefficient (Wildman–Crippen LogP) is 3.56. The zero-order valence-corrected chi connectivity index (χ0v) is 14.4. The Balaban J connectivity index is 2.04. The van der Waals surface area contributed by atoms with Gasteiger partial charge in [0, 0.05) is 6.42 Å². The van der Waals surface area contributed by atoms with E-state index < -0.39 is 0 Å². The van der Waals surface area contributed by atoms with Crippen molar-refractivity contribution in [2.45, 2.75) is 19.8 Å². The first kappa shape index (κ1) is 17.7. The summed E-state index contributed by atoms with van der Waals surface area (Å²) in [5, 5.41) is 0. The van der Waals surface area contributed by atoms with Crippen molar-refractivity contribution in [3.05, 3.63) is 47.5 Å². The largest absolute Gasteiger partial charge is 0.493 e. The number of benzene rings is 2. The quantitative estimate of drug-likeness (QED) is 0.574. The van der Waals surface area contributed by atoms with Gasteiger partial charge in [0.25, 0.3) is 0 Å². The van der Waals surface area contributed by atoms with E-state index >= 15 is 0 Å². The van der Waals surface area contributed by atoms with Crippen LogP contribution < -0.4 is 18.9 Å². The van der Waals surface area contributed by atoms with Gasteiger partial charge in [0.15, 0.2) is 11.5 Å². The summed E-state index contributed by atoms with van der Waals surface area (Å²) < 4.78 is 21.3. The Morgan fingerprint density at radius 1 is 0.958 bits per heavy atom. The zero-order valence-electron chi connectivity index (χ0n) is 14.4. The first-order chi connectivity index (χ1) is 11.6. The molecular formula is C19H22O5. The van der Waals surface area contributed by atoms with Crippen molar-refractivity contribution in [1.29, 1.82) is 0 Å². The lowest BCUT2D eigenvalue weighted by atomic mass is 10.1. The van der Waals surface area contributed by atoms with Gasteiger partial charge in [-0.2, -0.15) is 0 Å². The number of hydrogen-bond acceptors (Lipinski definition) is 5. The fourth-order valence-corrected chi connectivity index (χ4v) is 2.39. The van der Waals surface area contributed by atoms with Crippen LogP contribution in [0.5, 0.6) is 23.0 Å². The van der Waals surface area contributed by atoms with E-state index in [0.29, 0.717) is 29.4 Å². The number of aryl methyl sites for hydroxylation is 2. The number of hydrogen-bond donors (Lipinski definition) is 0. The van der Waals surface area contributed by atoms with Gasteiger partial charge in [-0.3, -0.25) is 4.79 Å². The fraction of sp³-hybridized carbons (Fsp3) is 0.316. The zero-order chi connectivity index (χ0) is 17.5. The van der Waals surface area contributed by atoms with Gasteiger partial charge >= 0.3 is 5.97 Å². The molecule has 24 heavy (non-hydrogen) atoms. The van der Waals surface area contributed by atoms with Gasteiger partial charge in [-0.15, -0.1) is 0 Å². The topological polar surface area (TPSA) is 54.0 Å². The maximum Gasteiger partial charge on any atom is 0.311 e. The number of rotatable bonds is 7. The highest BCUT2D eigenvalue weighted by molar-refractivity contribution is 5.72. The normalized spacial score (nSPS) is 10.2. The molecule has 0 aliphatic heterocycles. The smallest absolute Gasteiger partial charge is 0.311 e. The molecule has 0 atom stereocenters. The highest BCUT2D eigenvalue weighted by atomic mass is 16.5. The number of esters is 1. The van der Waals surface area contributed by atoms with Crippen molar-refractivity contribution in [3.63, 3.8) is 0 Å². The molecule has 0 fully saturated rings. The molecule has 0 saturated heterocycles. The van der Waals surface area contributed by atoms with Crippen LogP contribution in [0.2, 0.25) is 0 Å². The van der Waals surface area contributed by atoms with Gasteiger partial charge in [-0.25, -0.2) is 0 Å². The van der Waals surface area contributed by atoms with Crippen LogP contribution in [0.3, 0.4) is 0 Å². The Morgan fingerprint density at radius 2 is 1.62 bits per heavy atom. The van der Waals surface area contributed by atoms with Gasteiger partial charge in [0.1, 0.15) is 5.75 Å². The third kappa shape index (κ3) is 4.41. The van der Waals surface area contributed by atoms with Crippen LogP contribution in [0.15, 0.2) is 36.4 Å². The average Bonchev–Trinajstić information content (AvgIpc) is 2.58. The molecule has 0 radical (unpaired) electrons. The van der Waals surface area contributed by atoms with E-state index in [-0.39, 0.29) is 12.4 Å². The van der Waals surface area contributed by atoms with Gasteiger partial charge in [0.2, 0.25) is 5.75 Å². The lowest BCUT2D eigenvalue weighted by Crippen LogP contribution is -2.09. The SMILES string of the molecule is COc1cc(CCC(=O)Oc2cccc(C)c2)cc(OC)c1OC. The van der Waals surface area contributed by atoms with Crippen LogP contribution in [0.25, 0.3) is 0 Å². The minimum Gasteiger partial charge on any atom is -0.493 e. The number of carbonyl (C=O) groups excluding carboxylic acids is 1. The van der Waals surface area contributed by atoms with Crippen LogP contribution in [-0.2, 0) is 11.2 Å². The van der Waals surface area contributed by atoms with Crippen molar-refractivity contribution in [3.8, 4) is 23.0 Å². The van der Waals surface area contributed by atoms with Crippen LogP contribution in [-0.4, -0.2) is 27.3 Å². The van der Waals surface area contributed by atoms with Gasteiger partial charge in [0.05, 0.1) is 21.3 Å². The molecular weight excluding hydrogens is 308 g/mol. The minimum atomic E-state index is -0.283. The molecule has 5 heteroatoms. The Bertz CT molecular complexity index is 684. The monoisotopic (exact) mass is 330 g/mol. The second-order valence-corrected chi connectivity index (χ2v) is 5.32.